The van der Waals surface area contributed by atoms with E-state index in [9.17, 15) is 28.8 Å². The third-order valence-corrected chi connectivity index (χ3v) is 18.3. The summed E-state index contributed by atoms with van der Waals surface area (Å²) in [5.41, 5.74) is 5.85. The third-order valence-electron chi connectivity index (χ3n) is 12.9. The van der Waals surface area contributed by atoms with E-state index in [-0.39, 0.29) is 47.2 Å². The molecule has 2 aliphatic rings. The van der Waals surface area contributed by atoms with Crippen LogP contribution in [-0.4, -0.2) is 112 Å². The largest absolute Gasteiger partial charge is 0.453 e. The van der Waals surface area contributed by atoms with E-state index in [0.29, 0.717) is 43.2 Å². The van der Waals surface area contributed by atoms with Gasteiger partial charge in [0.1, 0.15) is 18.1 Å². The maximum absolute atomic E-state index is 14.0. The van der Waals surface area contributed by atoms with Crippen LogP contribution in [0.15, 0.2) is 72.8 Å². The minimum atomic E-state index is -1.93. The quantitative estimate of drug-likeness (QED) is 0.121. The molecule has 2 fully saturated rings. The molecule has 2 heterocycles. The summed E-state index contributed by atoms with van der Waals surface area (Å²) in [6.07, 6.45) is -0.102. The number of amides is 5. The summed E-state index contributed by atoms with van der Waals surface area (Å²) in [7, 11) is -1.29. The second kappa shape index (κ2) is 21.6. The Morgan fingerprint density at radius 2 is 1.06 bits per heavy atom. The van der Waals surface area contributed by atoms with Crippen LogP contribution >= 0.6 is 0 Å². The van der Waals surface area contributed by atoms with Gasteiger partial charge in [-0.3, -0.25) is 19.2 Å². The second-order valence-corrected chi connectivity index (χ2v) is 31.8. The Morgan fingerprint density at radius 3 is 1.49 bits per heavy atom. The Kier molecular flexibility index (Phi) is 17.0. The van der Waals surface area contributed by atoms with Crippen molar-refractivity contribution in [2.24, 2.45) is 11.8 Å². The molecule has 0 unspecified atom stereocenters. The molecule has 0 aromatic heterocycles. The number of nitrogens with zero attached hydrogens (tertiary/aromatic N) is 3. The van der Waals surface area contributed by atoms with Gasteiger partial charge in [-0.2, -0.15) is 0 Å². The molecule has 5 amide bonds. The summed E-state index contributed by atoms with van der Waals surface area (Å²) in [5.74, 6) is -1.18. The number of ketones is 1. The van der Waals surface area contributed by atoms with Crippen molar-refractivity contribution in [3.05, 3.63) is 95.1 Å². The average Bonchev–Trinajstić information content (AvgIpc) is 3.79. The number of hydrogen-bond acceptors (Lipinski definition) is 9. The van der Waals surface area contributed by atoms with Gasteiger partial charge < -0.3 is 40.1 Å². The van der Waals surface area contributed by atoms with Gasteiger partial charge in [-0.05, 0) is 75.9 Å². The van der Waals surface area contributed by atoms with Crippen molar-refractivity contribution in [1.82, 2.24) is 20.4 Å². The van der Waals surface area contributed by atoms with Crippen LogP contribution in [-0.2, 0) is 53.6 Å². The van der Waals surface area contributed by atoms with E-state index in [1.54, 1.807) is 9.80 Å². The lowest BCUT2D eigenvalue weighted by atomic mass is 9.87. The van der Waals surface area contributed by atoms with Gasteiger partial charge >= 0.3 is 12.2 Å². The number of rotatable bonds is 16. The van der Waals surface area contributed by atoms with Crippen LogP contribution in [0.5, 0.6) is 0 Å². The van der Waals surface area contributed by atoms with Crippen LogP contribution in [0.25, 0.3) is 0 Å². The van der Waals surface area contributed by atoms with Crippen molar-refractivity contribution < 1.29 is 38.2 Å². The van der Waals surface area contributed by atoms with Gasteiger partial charge in [-0.1, -0.05) is 123 Å². The molecule has 3 N–H and O–H groups in total. The van der Waals surface area contributed by atoms with Crippen LogP contribution in [0.2, 0.25) is 38.3 Å². The Hall–Kier alpha value is -5.49. The second-order valence-electron chi connectivity index (χ2n) is 21.7. The Bertz CT molecular complexity index is 2110. The highest BCUT2D eigenvalue weighted by atomic mass is 28.3. The molecule has 0 radical (unpaired) electrons. The first-order valence-electron chi connectivity index (χ1n) is 23.5. The van der Waals surface area contributed by atoms with E-state index in [1.807, 2.05) is 64.1 Å². The molecule has 2 saturated heterocycles. The zero-order chi connectivity index (χ0) is 49.6. The molecule has 5 rings (SSSR count). The van der Waals surface area contributed by atoms with Crippen LogP contribution in [0, 0.1) is 11.8 Å². The Morgan fingerprint density at radius 1 is 0.642 bits per heavy atom. The minimum Gasteiger partial charge on any atom is -0.453 e. The third kappa shape index (κ3) is 13.8. The predicted octanol–water partition coefficient (Wildman–Crippen LogP) is 7.92. The van der Waals surface area contributed by atoms with Crippen molar-refractivity contribution in [3.8, 4) is 0 Å². The monoisotopic (exact) mass is 955 g/mol. The van der Waals surface area contributed by atoms with E-state index >= 15 is 0 Å². The van der Waals surface area contributed by atoms with E-state index in [0.717, 1.165) is 22.4 Å². The highest BCUT2D eigenvalue weighted by Gasteiger charge is 2.48. The van der Waals surface area contributed by atoms with Crippen LogP contribution < -0.4 is 20.9 Å². The molecule has 364 valence electrons. The first-order chi connectivity index (χ1) is 31.3. The van der Waals surface area contributed by atoms with Gasteiger partial charge in [0.25, 0.3) is 0 Å². The summed E-state index contributed by atoms with van der Waals surface area (Å²) >= 11 is 0. The number of carbonyl (C=O) groups is 6. The zero-order valence-corrected chi connectivity index (χ0v) is 43.9. The Labute approximate surface area is 399 Å². The molecule has 0 spiro atoms. The van der Waals surface area contributed by atoms with Gasteiger partial charge in [-0.15, -0.1) is 0 Å². The predicted molar refractivity (Wildman–Crippen MR) is 269 cm³/mol. The van der Waals surface area contributed by atoms with E-state index in [1.165, 1.54) is 19.8 Å². The molecule has 67 heavy (non-hydrogen) atoms. The fourth-order valence-electron chi connectivity index (χ4n) is 9.13. The summed E-state index contributed by atoms with van der Waals surface area (Å²) in [4.78, 5) is 85.5. The van der Waals surface area contributed by atoms with Crippen LogP contribution in [0.1, 0.15) is 70.7 Å². The van der Waals surface area contributed by atoms with Gasteiger partial charge in [0.2, 0.25) is 17.7 Å². The lowest BCUT2D eigenvalue weighted by Crippen LogP contribution is -2.54. The van der Waals surface area contributed by atoms with Crippen LogP contribution in [0.3, 0.4) is 0 Å². The lowest BCUT2D eigenvalue weighted by molar-refractivity contribution is -0.139. The van der Waals surface area contributed by atoms with Crippen molar-refractivity contribution in [2.45, 2.75) is 136 Å². The fraction of sp³-hybridized carbons (Fsp3) is 0.529. The number of alkyl carbamates (subject to hydrolysis) is 2. The molecular formula is C51H74N6O8Si2. The molecule has 4 atom stereocenters. The van der Waals surface area contributed by atoms with E-state index in [2.05, 4.69) is 104 Å². The fourth-order valence-corrected chi connectivity index (χ4v) is 14.9. The SMILES string of the molecule is COC(=O)N[C@H](C(=O)N1C[Si](C)(C)C[C@H]1C(=O)Cc1ccc(CN(Cc2ccc(NC(=O)[C@@H]3C[Si](C)(C)CN3C(=O)[C@@H](NC(=O)OC)C(C)C)cc2)c2ccc(C(C)(C)C)cc2)cc1)C(C)C. The first kappa shape index (κ1) is 52.5. The smallest absolute Gasteiger partial charge is 0.407 e. The number of methoxy groups -OCH3 is 2. The topological polar surface area (TPSA) is 167 Å². The summed E-state index contributed by atoms with van der Waals surface area (Å²) in [6.45, 7) is 23.9. The van der Waals surface area contributed by atoms with Crippen molar-refractivity contribution in [1.29, 1.82) is 0 Å². The molecule has 0 aliphatic carbocycles. The summed E-state index contributed by atoms with van der Waals surface area (Å²) < 4.78 is 9.57. The van der Waals surface area contributed by atoms with E-state index in [4.69, 9.17) is 9.47 Å². The maximum Gasteiger partial charge on any atom is 0.407 e. The minimum absolute atomic E-state index is 0.00704. The Balaban J connectivity index is 1.30. The molecule has 0 saturated carbocycles. The van der Waals surface area contributed by atoms with Gasteiger partial charge in [-0.25, -0.2) is 9.59 Å². The first-order valence-corrected chi connectivity index (χ1v) is 30.3. The number of ether oxygens (including phenoxy) is 2. The molecule has 3 aromatic rings. The number of carbonyl (C=O) groups excluding carboxylic acids is 6. The summed E-state index contributed by atoms with van der Waals surface area (Å²) in [5, 5.41) is 8.42. The number of nitrogens with one attached hydrogen (secondary N) is 3. The molecule has 2 aliphatic heterocycles. The van der Waals surface area contributed by atoms with Crippen molar-refractivity contribution in [3.63, 3.8) is 0 Å². The van der Waals surface area contributed by atoms with Gasteiger partial charge in [0.05, 0.1) is 36.4 Å². The molecule has 3 aromatic carbocycles. The standard InChI is InChI=1S/C51H74N6O8Si2/c1-33(2)44(53-49(62)64-8)47(60)56-31-66(10,11)29-41(56)43(58)26-35-14-16-36(17-15-35)27-55(40-24-20-38(21-25-40)51(5,6)7)28-37-18-22-39(23-19-37)52-46(59)42-30-67(12,13)32-57(42)48(61)45(34(3)4)54-50(63)65-9/h14-25,33-34,41-42,44-45H,26-32H2,1-13H3,(H,52,59)(H,53,62)(H,54,63)/t41-,42-,44-,45-/m0/s1. The zero-order valence-electron chi connectivity index (χ0n) is 41.9. The number of benzene rings is 3. The van der Waals surface area contributed by atoms with E-state index < -0.39 is 52.5 Å². The summed E-state index contributed by atoms with van der Waals surface area (Å²) in [6, 6.07) is 23.0. The van der Waals surface area contributed by atoms with Gasteiger partial charge in [0, 0.05) is 43.2 Å². The van der Waals surface area contributed by atoms with Crippen molar-refractivity contribution in [2.75, 3.05) is 36.8 Å². The molecule has 16 heteroatoms. The molecular weight excluding hydrogens is 881 g/mol. The maximum atomic E-state index is 14.0. The number of hydrogen-bond donors (Lipinski definition) is 3. The molecule has 0 bridgehead atoms. The number of Topliss-reactive ketones (excluding diaryl/α,β-unsaturated/α-hetero) is 1. The highest BCUT2D eigenvalue weighted by Crippen LogP contribution is 2.32. The highest BCUT2D eigenvalue weighted by molar-refractivity contribution is 6.79. The van der Waals surface area contributed by atoms with Gasteiger partial charge in [0.15, 0.2) is 5.78 Å². The van der Waals surface area contributed by atoms with Crippen molar-refractivity contribution >= 4 is 63.2 Å². The lowest BCUT2D eigenvalue weighted by Gasteiger charge is -2.30. The normalized spacial score (nSPS) is 18.6. The molecule has 14 nitrogen and oxygen atoms in total. The average molecular weight is 955 g/mol. The van der Waals surface area contributed by atoms with Crippen LogP contribution in [0.4, 0.5) is 21.0 Å². The number of anilines is 2.